The van der Waals surface area contributed by atoms with Crippen LogP contribution >= 0.6 is 0 Å². The van der Waals surface area contributed by atoms with Gasteiger partial charge in [0.05, 0.1) is 0 Å². The Balaban J connectivity index is 2.90. The molecule has 0 N–H and O–H groups in total. The van der Waals surface area contributed by atoms with Crippen LogP contribution in [0.5, 0.6) is 0 Å². The zero-order valence-corrected chi connectivity index (χ0v) is 7.25. The van der Waals surface area contributed by atoms with E-state index in [9.17, 15) is 9.81 Å². The van der Waals surface area contributed by atoms with Gasteiger partial charge >= 0.3 is 0 Å². The van der Waals surface area contributed by atoms with E-state index in [2.05, 4.69) is 10.4 Å². The number of nitroso groups, excluding NO2 is 2. The summed E-state index contributed by atoms with van der Waals surface area (Å²) in [7, 11) is 0. The average molecular weight is 178 g/mol. The molecule has 13 heavy (non-hydrogen) atoms. The highest BCUT2D eigenvalue weighted by Crippen LogP contribution is 2.22. The second kappa shape index (κ2) is 4.45. The summed E-state index contributed by atoms with van der Waals surface area (Å²) in [6.45, 7) is 1.58. The summed E-state index contributed by atoms with van der Waals surface area (Å²) < 4.78 is 0. The highest BCUT2D eigenvalue weighted by Gasteiger charge is 2.20. The molecule has 1 aromatic carbocycles. The van der Waals surface area contributed by atoms with E-state index in [1.54, 1.807) is 31.2 Å². The summed E-state index contributed by atoms with van der Waals surface area (Å²) in [6, 6.07) is 7.67. The maximum atomic E-state index is 10.5. The summed E-state index contributed by atoms with van der Waals surface area (Å²) in [4.78, 5) is 20.7. The van der Waals surface area contributed by atoms with Crippen molar-refractivity contribution in [1.82, 2.24) is 0 Å². The van der Waals surface area contributed by atoms with Crippen molar-refractivity contribution in [2.75, 3.05) is 0 Å². The van der Waals surface area contributed by atoms with E-state index >= 15 is 0 Å². The van der Waals surface area contributed by atoms with E-state index in [1.165, 1.54) is 0 Å². The molecule has 0 saturated carbocycles. The monoisotopic (exact) mass is 178 g/mol. The van der Waals surface area contributed by atoms with Gasteiger partial charge in [0, 0.05) is 0 Å². The first-order valence-corrected chi connectivity index (χ1v) is 3.99. The van der Waals surface area contributed by atoms with Gasteiger partial charge in [-0.15, -0.1) is 0 Å². The maximum absolute atomic E-state index is 10.5. The second-order valence-corrected chi connectivity index (χ2v) is 2.81. The molecule has 0 amide bonds. The molecule has 1 rings (SSSR count). The lowest BCUT2D eigenvalue weighted by Crippen LogP contribution is -2.09. The Labute approximate surface area is 75.9 Å². The molecule has 4 nitrogen and oxygen atoms in total. The van der Waals surface area contributed by atoms with Crippen molar-refractivity contribution in [3.8, 4) is 0 Å². The molecule has 0 radical (unpaired) electrons. The van der Waals surface area contributed by atoms with Crippen molar-refractivity contribution in [1.29, 1.82) is 0 Å². The van der Waals surface area contributed by atoms with Crippen LogP contribution in [0.25, 0.3) is 0 Å². The molecule has 0 aliphatic carbocycles. The molecule has 0 spiro atoms. The van der Waals surface area contributed by atoms with E-state index in [4.69, 9.17) is 0 Å². The van der Waals surface area contributed by atoms with Gasteiger partial charge in [0.25, 0.3) is 0 Å². The van der Waals surface area contributed by atoms with Gasteiger partial charge in [-0.2, -0.15) is 9.81 Å². The van der Waals surface area contributed by atoms with Crippen molar-refractivity contribution in [2.24, 2.45) is 10.4 Å². The van der Waals surface area contributed by atoms with Crippen molar-refractivity contribution in [3.05, 3.63) is 45.7 Å². The lowest BCUT2D eigenvalue weighted by molar-refractivity contribution is 0.586. The molecule has 0 bridgehead atoms. The van der Waals surface area contributed by atoms with Gasteiger partial charge in [-0.3, -0.25) is 0 Å². The Morgan fingerprint density at radius 3 is 2.15 bits per heavy atom. The van der Waals surface area contributed by atoms with E-state index < -0.39 is 12.1 Å². The van der Waals surface area contributed by atoms with Crippen LogP contribution in [0.3, 0.4) is 0 Å². The van der Waals surface area contributed by atoms with Crippen LogP contribution < -0.4 is 0 Å². The molecule has 0 unspecified atom stereocenters. The fourth-order valence-corrected chi connectivity index (χ4v) is 1.14. The number of rotatable bonds is 4. The molecule has 0 saturated heterocycles. The minimum Gasteiger partial charge on any atom is -0.150 e. The van der Waals surface area contributed by atoms with E-state index in [0.717, 1.165) is 5.56 Å². The van der Waals surface area contributed by atoms with Gasteiger partial charge in [-0.05, 0) is 12.5 Å². The van der Waals surface area contributed by atoms with Gasteiger partial charge in [-0.1, -0.05) is 40.7 Å². The molecule has 2 atom stereocenters. The third-order valence-corrected chi connectivity index (χ3v) is 1.88. The number of hydrogen-bond donors (Lipinski definition) is 0. The fraction of sp³-hybridized carbons (Fsp3) is 0.333. The van der Waals surface area contributed by atoms with E-state index in [1.807, 2.05) is 6.07 Å². The third kappa shape index (κ3) is 2.18. The molecular formula is C9H10N2O2. The van der Waals surface area contributed by atoms with Gasteiger partial charge in [0.1, 0.15) is 12.1 Å². The first-order chi connectivity index (χ1) is 6.29. The quantitative estimate of drug-likeness (QED) is 0.665. The molecule has 0 aliphatic heterocycles. The van der Waals surface area contributed by atoms with Crippen LogP contribution in [0.2, 0.25) is 0 Å². The zero-order chi connectivity index (χ0) is 9.68. The van der Waals surface area contributed by atoms with Crippen molar-refractivity contribution < 1.29 is 0 Å². The van der Waals surface area contributed by atoms with Gasteiger partial charge in [0.2, 0.25) is 0 Å². The van der Waals surface area contributed by atoms with E-state index in [0.29, 0.717) is 0 Å². The van der Waals surface area contributed by atoms with Crippen LogP contribution in [0, 0.1) is 9.81 Å². The first-order valence-electron chi connectivity index (χ1n) is 3.99. The molecular weight excluding hydrogens is 168 g/mol. The van der Waals surface area contributed by atoms with Crippen LogP contribution in [0.4, 0.5) is 0 Å². The average Bonchev–Trinajstić information content (AvgIpc) is 2.20. The Kier molecular flexibility index (Phi) is 3.25. The summed E-state index contributed by atoms with van der Waals surface area (Å²) >= 11 is 0. The maximum Gasteiger partial charge on any atom is 0.142 e. The predicted octanol–water partition coefficient (Wildman–Crippen LogP) is 2.65. The number of benzene rings is 1. The third-order valence-electron chi connectivity index (χ3n) is 1.88. The Bertz CT molecular complexity index is 287. The fourth-order valence-electron chi connectivity index (χ4n) is 1.14. The lowest BCUT2D eigenvalue weighted by Gasteiger charge is -2.09. The van der Waals surface area contributed by atoms with Crippen molar-refractivity contribution in [3.63, 3.8) is 0 Å². The zero-order valence-electron chi connectivity index (χ0n) is 7.25. The Morgan fingerprint density at radius 2 is 1.69 bits per heavy atom. The normalized spacial score (nSPS) is 14.5. The highest BCUT2D eigenvalue weighted by molar-refractivity contribution is 5.20. The largest absolute Gasteiger partial charge is 0.150 e. The topological polar surface area (TPSA) is 58.9 Å². The molecule has 4 heteroatoms. The molecule has 0 aliphatic rings. The van der Waals surface area contributed by atoms with Gasteiger partial charge in [0.15, 0.2) is 0 Å². The van der Waals surface area contributed by atoms with Crippen LogP contribution in [-0.2, 0) is 0 Å². The van der Waals surface area contributed by atoms with Crippen LogP contribution in [-0.4, -0.2) is 6.04 Å². The standard InChI is InChI=1S/C9H10N2O2/c1-7(10-12)9(11-13)8-5-3-2-4-6-8/h2-7,9H,1H3/t7-,9+/m0/s1. The summed E-state index contributed by atoms with van der Waals surface area (Å²) in [5.74, 6) is 0. The minimum atomic E-state index is -0.668. The van der Waals surface area contributed by atoms with Crippen molar-refractivity contribution in [2.45, 2.75) is 19.0 Å². The Morgan fingerprint density at radius 1 is 1.08 bits per heavy atom. The predicted molar refractivity (Wildman–Crippen MR) is 50.2 cm³/mol. The van der Waals surface area contributed by atoms with Gasteiger partial charge < -0.3 is 0 Å². The van der Waals surface area contributed by atoms with E-state index in [-0.39, 0.29) is 0 Å². The van der Waals surface area contributed by atoms with Crippen LogP contribution in [0.15, 0.2) is 40.7 Å². The Hall–Kier alpha value is -1.58. The SMILES string of the molecule is C[C@H](N=O)[C@@H](N=O)c1ccccc1. The second-order valence-electron chi connectivity index (χ2n) is 2.81. The number of nitrogens with zero attached hydrogens (tertiary/aromatic N) is 2. The van der Waals surface area contributed by atoms with Gasteiger partial charge in [-0.25, -0.2) is 0 Å². The summed E-state index contributed by atoms with van der Waals surface area (Å²) in [5, 5.41) is 5.68. The molecule has 1 aromatic rings. The molecule has 68 valence electrons. The summed E-state index contributed by atoms with van der Waals surface area (Å²) in [5.41, 5.74) is 0.726. The van der Waals surface area contributed by atoms with Crippen molar-refractivity contribution >= 4 is 0 Å². The smallest absolute Gasteiger partial charge is 0.142 e. The van der Waals surface area contributed by atoms with Crippen LogP contribution in [0.1, 0.15) is 18.5 Å². The molecule has 0 aromatic heterocycles. The highest BCUT2D eigenvalue weighted by atomic mass is 16.3. The molecule has 0 heterocycles. The number of hydrogen-bond acceptors (Lipinski definition) is 4. The summed E-state index contributed by atoms with van der Waals surface area (Å²) in [6.07, 6.45) is 0. The lowest BCUT2D eigenvalue weighted by atomic mass is 10.0. The molecule has 0 fully saturated rings. The minimum absolute atomic E-state index is 0.611. The first kappa shape index (κ1) is 9.51.